The zero-order valence-corrected chi connectivity index (χ0v) is 20.1. The van der Waals surface area contributed by atoms with Crippen LogP contribution in [-0.4, -0.2) is 20.2 Å². The van der Waals surface area contributed by atoms with Gasteiger partial charge in [-0.25, -0.2) is 4.68 Å². The topological polar surface area (TPSA) is 55.6 Å². The Bertz CT molecular complexity index is 1040. The molecule has 0 saturated carbocycles. The summed E-state index contributed by atoms with van der Waals surface area (Å²) in [6.45, 7) is 10.8. The molecule has 2 atom stereocenters. The summed E-state index contributed by atoms with van der Waals surface area (Å²) in [4.78, 5) is 0. The van der Waals surface area contributed by atoms with Gasteiger partial charge >= 0.3 is 0 Å². The maximum atomic E-state index is 6.38. The molecule has 0 radical (unpaired) electrons. The molecule has 0 aliphatic rings. The van der Waals surface area contributed by atoms with E-state index in [1.165, 1.54) is 0 Å². The van der Waals surface area contributed by atoms with Crippen molar-refractivity contribution in [2.75, 3.05) is 5.32 Å². The van der Waals surface area contributed by atoms with Crippen LogP contribution in [0.3, 0.4) is 0 Å². The van der Waals surface area contributed by atoms with E-state index in [1.54, 1.807) is 6.07 Å². The monoisotopic (exact) mass is 457 g/mol. The van der Waals surface area contributed by atoms with E-state index in [2.05, 4.69) is 61.5 Å². The zero-order valence-electron chi connectivity index (χ0n) is 18.6. The Labute approximate surface area is 194 Å². The lowest BCUT2D eigenvalue weighted by molar-refractivity contribution is 0.255. The van der Waals surface area contributed by atoms with Crippen molar-refractivity contribution in [2.24, 2.45) is 5.41 Å². The summed E-state index contributed by atoms with van der Waals surface area (Å²) in [6.07, 6.45) is 4.92. The van der Waals surface area contributed by atoms with Gasteiger partial charge in [0.25, 0.3) is 0 Å². The van der Waals surface area contributed by atoms with Crippen molar-refractivity contribution in [3.05, 3.63) is 76.0 Å². The largest absolute Gasteiger partial charge is 0.373 e. The summed E-state index contributed by atoms with van der Waals surface area (Å²) >= 11 is 12.4. The van der Waals surface area contributed by atoms with Crippen LogP contribution in [0.5, 0.6) is 0 Å². The molecule has 0 saturated heterocycles. The van der Waals surface area contributed by atoms with Gasteiger partial charge in [0.1, 0.15) is 0 Å². The fraction of sp³-hybridized carbons (Fsp3) is 0.375. The molecular formula is C24H29Cl2N5. The number of benzene rings is 2. The second kappa shape index (κ2) is 9.41. The molecule has 1 N–H and O–H groups in total. The molecule has 164 valence electrons. The Balaban J connectivity index is 2.00. The first-order chi connectivity index (χ1) is 14.6. The van der Waals surface area contributed by atoms with Crippen LogP contribution in [0.15, 0.2) is 54.6 Å². The van der Waals surface area contributed by atoms with Crippen LogP contribution in [-0.2, 0) is 5.54 Å². The molecule has 31 heavy (non-hydrogen) atoms. The number of hydrogen-bond donors (Lipinski definition) is 1. The maximum Gasteiger partial charge on any atom is 0.177 e. The third-order valence-electron chi connectivity index (χ3n) is 5.46. The minimum atomic E-state index is -0.444. The van der Waals surface area contributed by atoms with Gasteiger partial charge in [-0.2, -0.15) is 0 Å². The van der Waals surface area contributed by atoms with Crippen LogP contribution >= 0.6 is 23.2 Å². The van der Waals surface area contributed by atoms with Gasteiger partial charge in [-0.3, -0.25) is 0 Å². The van der Waals surface area contributed by atoms with Gasteiger partial charge in [-0.05, 0) is 59.0 Å². The van der Waals surface area contributed by atoms with Crippen molar-refractivity contribution in [1.82, 2.24) is 20.2 Å². The van der Waals surface area contributed by atoms with Gasteiger partial charge in [0.05, 0.1) is 11.6 Å². The van der Waals surface area contributed by atoms with Crippen LogP contribution in [0.1, 0.15) is 58.5 Å². The van der Waals surface area contributed by atoms with Gasteiger partial charge in [-0.15, -0.1) is 5.10 Å². The molecular weight excluding hydrogens is 429 g/mol. The van der Waals surface area contributed by atoms with Crippen molar-refractivity contribution in [3.63, 3.8) is 0 Å². The Hall–Kier alpha value is -2.37. The fourth-order valence-corrected chi connectivity index (χ4v) is 3.93. The SMILES string of the molecule is CC[C@@](C)(Nc1ccccc1)c1nnnn1[C@H](/C=C/c1ccc(Cl)cc1Cl)C(C)(C)C. The molecule has 1 heterocycles. The smallest absolute Gasteiger partial charge is 0.177 e. The average Bonchev–Trinajstić information content (AvgIpc) is 3.19. The number of nitrogens with one attached hydrogen (secondary N) is 1. The maximum absolute atomic E-state index is 6.38. The summed E-state index contributed by atoms with van der Waals surface area (Å²) in [5, 5.41) is 17.7. The summed E-state index contributed by atoms with van der Waals surface area (Å²) in [5.41, 5.74) is 1.34. The van der Waals surface area contributed by atoms with Crippen LogP contribution in [0.4, 0.5) is 5.69 Å². The summed E-state index contributed by atoms with van der Waals surface area (Å²) in [5.74, 6) is 0.783. The first-order valence-corrected chi connectivity index (χ1v) is 11.1. The van der Waals surface area contributed by atoms with E-state index in [9.17, 15) is 0 Å². The molecule has 0 amide bonds. The highest BCUT2D eigenvalue weighted by molar-refractivity contribution is 6.35. The number of para-hydroxylation sites is 1. The minimum Gasteiger partial charge on any atom is -0.373 e. The van der Waals surface area contributed by atoms with E-state index in [4.69, 9.17) is 23.2 Å². The van der Waals surface area contributed by atoms with Gasteiger partial charge in [-0.1, -0.05) is 87.3 Å². The van der Waals surface area contributed by atoms with Crippen LogP contribution in [0.25, 0.3) is 6.08 Å². The highest BCUT2D eigenvalue weighted by Gasteiger charge is 2.36. The Morgan fingerprint density at radius 2 is 1.77 bits per heavy atom. The normalized spacial score (nSPS) is 15.1. The molecule has 3 aromatic rings. The molecule has 2 aromatic carbocycles. The van der Waals surface area contributed by atoms with Gasteiger partial charge in [0, 0.05) is 15.7 Å². The molecule has 7 heteroatoms. The first-order valence-electron chi connectivity index (χ1n) is 10.4. The van der Waals surface area contributed by atoms with Crippen LogP contribution in [0, 0.1) is 5.41 Å². The van der Waals surface area contributed by atoms with Crippen LogP contribution in [0.2, 0.25) is 10.0 Å². The van der Waals surface area contributed by atoms with Crippen molar-refractivity contribution in [3.8, 4) is 0 Å². The summed E-state index contributed by atoms with van der Waals surface area (Å²) in [6, 6.07) is 15.5. The summed E-state index contributed by atoms with van der Waals surface area (Å²) < 4.78 is 1.92. The molecule has 0 bridgehead atoms. The number of nitrogens with zero attached hydrogens (tertiary/aromatic N) is 4. The predicted octanol–water partition coefficient (Wildman–Crippen LogP) is 7.02. The molecule has 0 aliphatic heterocycles. The second-order valence-corrected chi connectivity index (χ2v) is 9.80. The fourth-order valence-electron chi connectivity index (χ4n) is 3.46. The number of tetrazole rings is 1. The molecule has 3 rings (SSSR count). The molecule has 0 aliphatic carbocycles. The van der Waals surface area contributed by atoms with Crippen molar-refractivity contribution < 1.29 is 0 Å². The quantitative estimate of drug-likeness (QED) is 0.413. The highest BCUT2D eigenvalue weighted by Crippen LogP contribution is 2.36. The number of anilines is 1. The molecule has 0 fully saturated rings. The van der Waals surface area contributed by atoms with Gasteiger partial charge in [0.2, 0.25) is 0 Å². The molecule has 5 nitrogen and oxygen atoms in total. The zero-order chi connectivity index (χ0) is 22.6. The molecule has 0 unspecified atom stereocenters. The highest BCUT2D eigenvalue weighted by atomic mass is 35.5. The lowest BCUT2D eigenvalue weighted by atomic mass is 9.85. The van der Waals surface area contributed by atoms with Crippen LogP contribution < -0.4 is 5.32 Å². The average molecular weight is 458 g/mol. The van der Waals surface area contributed by atoms with E-state index in [0.717, 1.165) is 23.5 Å². The van der Waals surface area contributed by atoms with E-state index >= 15 is 0 Å². The number of hydrogen-bond acceptors (Lipinski definition) is 4. The van der Waals surface area contributed by atoms with Crippen molar-refractivity contribution >= 4 is 35.0 Å². The lowest BCUT2D eigenvalue weighted by Crippen LogP contribution is -2.37. The third kappa shape index (κ3) is 5.46. The van der Waals surface area contributed by atoms with Gasteiger partial charge in [0.15, 0.2) is 5.82 Å². The number of aromatic nitrogens is 4. The number of allylic oxidation sites excluding steroid dienone is 1. The predicted molar refractivity (Wildman–Crippen MR) is 130 cm³/mol. The first kappa shape index (κ1) is 23.3. The minimum absolute atomic E-state index is 0.0901. The standard InChI is InChI=1S/C24H29Cl2N5/c1-6-24(5,27-19-10-8-7-9-11-19)22-28-29-30-31(22)21(23(2,3)4)15-13-17-12-14-18(25)16-20(17)26/h7-16,21,27H,6H2,1-5H3/b15-13+/t21-,24-/m1/s1. The van der Waals surface area contributed by atoms with E-state index in [0.29, 0.717) is 10.0 Å². The van der Waals surface area contributed by atoms with Crippen molar-refractivity contribution in [1.29, 1.82) is 0 Å². The van der Waals surface area contributed by atoms with Crippen molar-refractivity contribution in [2.45, 2.75) is 52.6 Å². The third-order valence-corrected chi connectivity index (χ3v) is 6.02. The Kier molecular flexibility index (Phi) is 7.07. The lowest BCUT2D eigenvalue weighted by Gasteiger charge is -2.34. The van der Waals surface area contributed by atoms with Gasteiger partial charge < -0.3 is 5.32 Å². The second-order valence-electron chi connectivity index (χ2n) is 8.96. The Morgan fingerprint density at radius 3 is 2.39 bits per heavy atom. The van der Waals surface area contributed by atoms with E-state index in [-0.39, 0.29) is 11.5 Å². The number of halogens is 2. The molecule has 1 aromatic heterocycles. The Morgan fingerprint density at radius 1 is 1.06 bits per heavy atom. The summed E-state index contributed by atoms with van der Waals surface area (Å²) in [7, 11) is 0. The van der Waals surface area contributed by atoms with E-state index < -0.39 is 5.54 Å². The molecule has 0 spiro atoms. The number of rotatable bonds is 7. The van der Waals surface area contributed by atoms with E-state index in [1.807, 2.05) is 53.2 Å².